The van der Waals surface area contributed by atoms with Crippen molar-refractivity contribution in [1.82, 2.24) is 14.0 Å². The zero-order valence-corrected chi connectivity index (χ0v) is 13.8. The molecule has 1 heterocycles. The van der Waals surface area contributed by atoms with Gasteiger partial charge in [-0.15, -0.1) is 0 Å². The van der Waals surface area contributed by atoms with Crippen molar-refractivity contribution in [3.05, 3.63) is 29.5 Å². The van der Waals surface area contributed by atoms with E-state index < -0.39 is 10.2 Å². The standard InChI is InChI=1S/C15H21N3O3S/c1-18(2)22(19,20)17-10-4-6-14-12(8-10)13-9-11(21-3)5-7-15(13)16-14/h5,7,9-10,16-17H,4,6,8H2,1-3H3. The summed E-state index contributed by atoms with van der Waals surface area (Å²) < 4.78 is 33.3. The predicted octanol–water partition coefficient (Wildman–Crippen LogP) is 1.43. The van der Waals surface area contributed by atoms with Crippen LogP contribution >= 0.6 is 0 Å². The number of aromatic nitrogens is 1. The Balaban J connectivity index is 1.91. The first-order valence-electron chi connectivity index (χ1n) is 7.28. The van der Waals surface area contributed by atoms with Crippen molar-refractivity contribution in [2.45, 2.75) is 25.3 Å². The van der Waals surface area contributed by atoms with Crippen molar-refractivity contribution in [3.63, 3.8) is 0 Å². The van der Waals surface area contributed by atoms with Crippen molar-refractivity contribution >= 4 is 21.1 Å². The molecule has 1 aromatic carbocycles. The van der Waals surface area contributed by atoms with Crippen LogP contribution in [-0.4, -0.2) is 45.0 Å². The Morgan fingerprint density at radius 2 is 2.14 bits per heavy atom. The lowest BCUT2D eigenvalue weighted by atomic mass is 9.92. The third-order valence-corrected chi connectivity index (χ3v) is 5.78. The molecule has 3 rings (SSSR count). The first-order chi connectivity index (χ1) is 10.4. The van der Waals surface area contributed by atoms with Gasteiger partial charge in [0.25, 0.3) is 10.2 Å². The maximum absolute atomic E-state index is 12.0. The molecule has 0 fully saturated rings. The lowest BCUT2D eigenvalue weighted by Gasteiger charge is -2.25. The minimum atomic E-state index is -3.40. The fourth-order valence-corrected chi connectivity index (χ4v) is 3.77. The van der Waals surface area contributed by atoms with E-state index in [9.17, 15) is 8.42 Å². The summed E-state index contributed by atoms with van der Waals surface area (Å²) in [6.07, 6.45) is 2.33. The molecule has 0 aliphatic heterocycles. The van der Waals surface area contributed by atoms with E-state index >= 15 is 0 Å². The summed E-state index contributed by atoms with van der Waals surface area (Å²) in [6.45, 7) is 0. The molecule has 7 heteroatoms. The van der Waals surface area contributed by atoms with Crippen molar-refractivity contribution < 1.29 is 13.2 Å². The highest BCUT2D eigenvalue weighted by molar-refractivity contribution is 7.87. The smallest absolute Gasteiger partial charge is 0.279 e. The summed E-state index contributed by atoms with van der Waals surface area (Å²) in [5, 5.41) is 1.11. The van der Waals surface area contributed by atoms with Crippen LogP contribution in [-0.2, 0) is 23.1 Å². The Morgan fingerprint density at radius 3 is 2.82 bits per heavy atom. The Bertz CT molecular complexity index is 796. The van der Waals surface area contributed by atoms with Crippen molar-refractivity contribution in [2.75, 3.05) is 21.2 Å². The van der Waals surface area contributed by atoms with E-state index in [1.54, 1.807) is 7.11 Å². The van der Waals surface area contributed by atoms with Gasteiger partial charge in [0.15, 0.2) is 0 Å². The molecular weight excluding hydrogens is 302 g/mol. The van der Waals surface area contributed by atoms with Gasteiger partial charge < -0.3 is 9.72 Å². The molecule has 0 bridgehead atoms. The lowest BCUT2D eigenvalue weighted by molar-refractivity contribution is 0.415. The Morgan fingerprint density at radius 1 is 1.36 bits per heavy atom. The molecule has 2 aromatic rings. The molecule has 120 valence electrons. The van der Waals surface area contributed by atoms with Crippen molar-refractivity contribution in [2.24, 2.45) is 0 Å². The fraction of sp³-hybridized carbons (Fsp3) is 0.467. The second-order valence-corrected chi connectivity index (χ2v) is 7.75. The average molecular weight is 323 g/mol. The number of rotatable bonds is 4. The molecule has 6 nitrogen and oxygen atoms in total. The van der Waals surface area contributed by atoms with Crippen LogP contribution < -0.4 is 9.46 Å². The summed E-state index contributed by atoms with van der Waals surface area (Å²) in [5.41, 5.74) is 3.46. The molecule has 22 heavy (non-hydrogen) atoms. The summed E-state index contributed by atoms with van der Waals surface area (Å²) in [7, 11) is 1.32. The topological polar surface area (TPSA) is 74.4 Å². The Hall–Kier alpha value is -1.57. The maximum atomic E-state index is 12.0. The molecule has 0 saturated heterocycles. The molecule has 0 spiro atoms. The minimum absolute atomic E-state index is 0.0786. The second-order valence-electron chi connectivity index (χ2n) is 5.84. The van der Waals surface area contributed by atoms with Gasteiger partial charge in [-0.2, -0.15) is 17.4 Å². The van der Waals surface area contributed by atoms with Gasteiger partial charge in [0.05, 0.1) is 7.11 Å². The number of benzene rings is 1. The van der Waals surface area contributed by atoms with Gasteiger partial charge in [0, 0.05) is 36.7 Å². The van der Waals surface area contributed by atoms with Crippen LogP contribution in [0.4, 0.5) is 0 Å². The number of ether oxygens (including phenoxy) is 1. The highest BCUT2D eigenvalue weighted by Crippen LogP contribution is 2.31. The van der Waals surface area contributed by atoms with Gasteiger partial charge in [-0.05, 0) is 43.0 Å². The van der Waals surface area contributed by atoms with Gasteiger partial charge in [-0.25, -0.2) is 0 Å². The molecule has 1 atom stereocenters. The molecule has 0 radical (unpaired) electrons. The van der Waals surface area contributed by atoms with Crippen LogP contribution in [0, 0.1) is 0 Å². The predicted molar refractivity (Wildman–Crippen MR) is 86.4 cm³/mol. The van der Waals surface area contributed by atoms with Crippen molar-refractivity contribution in [3.8, 4) is 5.75 Å². The van der Waals surface area contributed by atoms with Crippen LogP contribution in [0.1, 0.15) is 17.7 Å². The highest BCUT2D eigenvalue weighted by atomic mass is 32.2. The highest BCUT2D eigenvalue weighted by Gasteiger charge is 2.26. The van der Waals surface area contributed by atoms with E-state index in [4.69, 9.17) is 4.74 Å². The molecule has 1 aliphatic carbocycles. The number of aromatic amines is 1. The molecule has 1 unspecified atom stereocenters. The lowest BCUT2D eigenvalue weighted by Crippen LogP contribution is -2.44. The van der Waals surface area contributed by atoms with Gasteiger partial charge >= 0.3 is 0 Å². The van der Waals surface area contributed by atoms with Gasteiger partial charge in [0.1, 0.15) is 5.75 Å². The van der Waals surface area contributed by atoms with Crippen LogP contribution in [0.5, 0.6) is 5.75 Å². The van der Waals surface area contributed by atoms with Crippen LogP contribution in [0.15, 0.2) is 18.2 Å². The molecular formula is C15H21N3O3S. The molecule has 1 aliphatic rings. The van der Waals surface area contributed by atoms with Crippen molar-refractivity contribution in [1.29, 1.82) is 0 Å². The quantitative estimate of drug-likeness (QED) is 0.894. The van der Waals surface area contributed by atoms with Gasteiger partial charge in [-0.3, -0.25) is 0 Å². The number of H-pyrrole nitrogens is 1. The summed E-state index contributed by atoms with van der Waals surface area (Å²) >= 11 is 0. The first-order valence-corrected chi connectivity index (χ1v) is 8.72. The van der Waals surface area contributed by atoms with Crippen LogP contribution in [0.25, 0.3) is 10.9 Å². The number of aryl methyl sites for hydroxylation is 1. The summed E-state index contributed by atoms with van der Waals surface area (Å²) in [5.74, 6) is 0.810. The molecule has 2 N–H and O–H groups in total. The summed E-state index contributed by atoms with van der Waals surface area (Å²) in [6, 6.07) is 5.86. The number of nitrogens with zero attached hydrogens (tertiary/aromatic N) is 1. The van der Waals surface area contributed by atoms with Crippen LogP contribution in [0.2, 0.25) is 0 Å². The van der Waals surface area contributed by atoms with Crippen LogP contribution in [0.3, 0.4) is 0 Å². The zero-order chi connectivity index (χ0) is 15.9. The molecule has 1 aromatic heterocycles. The van der Waals surface area contributed by atoms with E-state index in [0.29, 0.717) is 6.42 Å². The van der Waals surface area contributed by atoms with Gasteiger partial charge in [0.2, 0.25) is 0 Å². The van der Waals surface area contributed by atoms with E-state index in [-0.39, 0.29) is 6.04 Å². The monoisotopic (exact) mass is 323 g/mol. The minimum Gasteiger partial charge on any atom is -0.497 e. The number of methoxy groups -OCH3 is 1. The first kappa shape index (κ1) is 15.3. The maximum Gasteiger partial charge on any atom is 0.279 e. The number of fused-ring (bicyclic) bond motifs is 3. The molecule has 0 saturated carbocycles. The average Bonchev–Trinajstić information content (AvgIpc) is 2.83. The van der Waals surface area contributed by atoms with E-state index in [1.807, 2.05) is 18.2 Å². The van der Waals surface area contributed by atoms with Gasteiger partial charge in [-0.1, -0.05) is 0 Å². The van der Waals surface area contributed by atoms with E-state index in [1.165, 1.54) is 29.7 Å². The number of hydrogen-bond donors (Lipinski definition) is 2. The summed E-state index contributed by atoms with van der Waals surface area (Å²) in [4.78, 5) is 3.43. The third-order valence-electron chi connectivity index (χ3n) is 4.19. The SMILES string of the molecule is COc1ccc2[nH]c3c(c2c1)CC(NS(=O)(=O)N(C)C)CC3. The van der Waals surface area contributed by atoms with E-state index in [2.05, 4.69) is 9.71 Å². The molecule has 0 amide bonds. The largest absolute Gasteiger partial charge is 0.497 e. The number of hydrogen-bond acceptors (Lipinski definition) is 3. The normalized spacial score (nSPS) is 18.6. The number of nitrogens with one attached hydrogen (secondary N) is 2. The van der Waals surface area contributed by atoms with E-state index in [0.717, 1.165) is 29.5 Å². The second kappa shape index (κ2) is 5.57. The Kier molecular flexibility index (Phi) is 3.88. The Labute approximate surface area is 130 Å². The fourth-order valence-electron chi connectivity index (χ4n) is 2.94. The third kappa shape index (κ3) is 2.71. The zero-order valence-electron chi connectivity index (χ0n) is 13.0.